The van der Waals surface area contributed by atoms with Gasteiger partial charge in [0.05, 0.1) is 0 Å². The quantitative estimate of drug-likeness (QED) is 0.812. The summed E-state index contributed by atoms with van der Waals surface area (Å²) in [6.45, 7) is 9.25. The van der Waals surface area contributed by atoms with Gasteiger partial charge in [-0.25, -0.2) is 4.79 Å². The van der Waals surface area contributed by atoms with Crippen molar-refractivity contribution in [3.8, 4) is 5.75 Å². The van der Waals surface area contributed by atoms with Gasteiger partial charge in [0.1, 0.15) is 18.0 Å². The fourth-order valence-electron chi connectivity index (χ4n) is 2.21. The molecular weight excluding hydrogens is 318 g/mol. The number of aliphatic hydroxyl groups is 1. The lowest BCUT2D eigenvalue weighted by Gasteiger charge is -2.29. The molecule has 0 spiro atoms. The van der Waals surface area contributed by atoms with E-state index in [0.717, 1.165) is 5.56 Å². The predicted octanol–water partition coefficient (Wildman–Crippen LogP) is 3.77. The Bertz CT molecular complexity index is 705. The summed E-state index contributed by atoms with van der Waals surface area (Å²) in [4.78, 5) is 12.0. The van der Waals surface area contributed by atoms with Crippen LogP contribution in [-0.2, 0) is 17.1 Å². The lowest BCUT2D eigenvalue weighted by molar-refractivity contribution is 0.00788. The third-order valence-electron chi connectivity index (χ3n) is 3.28. The number of alkyl carbamates (subject to hydrolysis) is 1. The Labute approximate surface area is 148 Å². The SMILES string of the molecule is [CH2]C(O)(NC(=O)OC(C)(C)C)c1ccccc1OCc1ccccc1. The first kappa shape index (κ1) is 18.8. The summed E-state index contributed by atoms with van der Waals surface area (Å²) < 4.78 is 11.0. The number of carbonyl (C=O) groups excluding carboxylic acids is 1. The van der Waals surface area contributed by atoms with Crippen LogP contribution in [0.5, 0.6) is 5.75 Å². The molecule has 0 bridgehead atoms. The Morgan fingerprint density at radius 3 is 2.32 bits per heavy atom. The second kappa shape index (κ2) is 7.57. The number of ether oxygens (including phenoxy) is 2. The predicted molar refractivity (Wildman–Crippen MR) is 95.8 cm³/mol. The zero-order valence-electron chi connectivity index (χ0n) is 14.8. The molecule has 0 aliphatic carbocycles. The number of benzene rings is 2. The van der Waals surface area contributed by atoms with Gasteiger partial charge < -0.3 is 14.6 Å². The number of hydrogen-bond acceptors (Lipinski definition) is 4. The standard InChI is InChI=1S/C20H24NO4/c1-19(2,3)25-18(22)21-20(4,23)16-12-8-9-13-17(16)24-14-15-10-6-5-7-11-15/h5-13,23H,4,14H2,1-3H3,(H,21,22). The van der Waals surface area contributed by atoms with Gasteiger partial charge in [0.15, 0.2) is 5.72 Å². The van der Waals surface area contributed by atoms with Gasteiger partial charge in [-0.2, -0.15) is 0 Å². The molecule has 2 N–H and O–H groups in total. The van der Waals surface area contributed by atoms with Crippen molar-refractivity contribution in [2.24, 2.45) is 0 Å². The smallest absolute Gasteiger partial charge is 0.410 e. The van der Waals surface area contributed by atoms with Crippen molar-refractivity contribution in [2.45, 2.75) is 38.7 Å². The summed E-state index contributed by atoms with van der Waals surface area (Å²) in [6, 6.07) is 16.5. The number of nitrogens with one attached hydrogen (secondary N) is 1. The van der Waals surface area contributed by atoms with Gasteiger partial charge in [-0.3, -0.25) is 5.32 Å². The van der Waals surface area contributed by atoms with Crippen LogP contribution in [0.4, 0.5) is 4.79 Å². The highest BCUT2D eigenvalue weighted by Gasteiger charge is 2.31. The molecule has 0 saturated heterocycles. The van der Waals surface area contributed by atoms with E-state index in [1.54, 1.807) is 45.0 Å². The molecule has 0 saturated carbocycles. The van der Waals surface area contributed by atoms with Gasteiger partial charge in [0, 0.05) is 12.5 Å². The molecule has 0 aromatic heterocycles. The molecule has 2 aromatic rings. The van der Waals surface area contributed by atoms with Crippen molar-refractivity contribution < 1.29 is 19.4 Å². The molecule has 5 nitrogen and oxygen atoms in total. The normalized spacial score (nSPS) is 13.6. The Balaban J connectivity index is 2.13. The first-order chi connectivity index (χ1) is 11.7. The van der Waals surface area contributed by atoms with Crippen molar-refractivity contribution in [3.63, 3.8) is 0 Å². The molecule has 2 aromatic carbocycles. The van der Waals surface area contributed by atoms with Crippen molar-refractivity contribution in [2.75, 3.05) is 0 Å². The molecule has 1 atom stereocenters. The van der Waals surface area contributed by atoms with Crippen LogP contribution in [0, 0.1) is 6.92 Å². The van der Waals surface area contributed by atoms with Crippen LogP contribution in [0.2, 0.25) is 0 Å². The highest BCUT2D eigenvalue weighted by Crippen LogP contribution is 2.28. The molecule has 2 rings (SSSR count). The second-order valence-corrected chi connectivity index (χ2v) is 6.76. The van der Waals surface area contributed by atoms with E-state index in [1.165, 1.54) is 0 Å². The Morgan fingerprint density at radius 1 is 1.08 bits per heavy atom. The molecular formula is C20H24NO4. The van der Waals surface area contributed by atoms with E-state index in [0.29, 0.717) is 17.9 Å². The highest BCUT2D eigenvalue weighted by molar-refractivity contribution is 5.69. The summed E-state index contributed by atoms with van der Waals surface area (Å²) >= 11 is 0. The van der Waals surface area contributed by atoms with Gasteiger partial charge in [0.2, 0.25) is 0 Å². The van der Waals surface area contributed by atoms with Crippen LogP contribution in [0.3, 0.4) is 0 Å². The number of rotatable bonds is 5. The fourth-order valence-corrected chi connectivity index (χ4v) is 2.21. The molecule has 1 amide bonds. The van der Waals surface area contributed by atoms with Gasteiger partial charge in [0.25, 0.3) is 0 Å². The van der Waals surface area contributed by atoms with Crippen LogP contribution >= 0.6 is 0 Å². The van der Waals surface area contributed by atoms with Crippen LogP contribution in [0.1, 0.15) is 31.9 Å². The number of carbonyl (C=O) groups is 1. The minimum absolute atomic E-state index is 0.334. The van der Waals surface area contributed by atoms with Gasteiger partial charge in [-0.15, -0.1) is 0 Å². The molecule has 0 heterocycles. The maximum atomic E-state index is 12.0. The van der Waals surface area contributed by atoms with Crippen molar-refractivity contribution in [3.05, 3.63) is 72.6 Å². The van der Waals surface area contributed by atoms with E-state index in [9.17, 15) is 9.90 Å². The van der Waals surface area contributed by atoms with Crippen LogP contribution in [0.15, 0.2) is 54.6 Å². The van der Waals surface area contributed by atoms with E-state index in [2.05, 4.69) is 12.2 Å². The zero-order chi connectivity index (χ0) is 18.5. The average molecular weight is 342 g/mol. The monoisotopic (exact) mass is 342 g/mol. The van der Waals surface area contributed by atoms with Gasteiger partial charge in [-0.1, -0.05) is 48.5 Å². The summed E-state index contributed by atoms with van der Waals surface area (Å²) in [5.41, 5.74) is -1.22. The van der Waals surface area contributed by atoms with Crippen molar-refractivity contribution >= 4 is 6.09 Å². The molecule has 1 unspecified atom stereocenters. The van der Waals surface area contributed by atoms with E-state index in [-0.39, 0.29) is 0 Å². The number of hydrogen-bond donors (Lipinski definition) is 2. The van der Waals surface area contributed by atoms with Crippen molar-refractivity contribution in [1.29, 1.82) is 0 Å². The Hall–Kier alpha value is -2.53. The topological polar surface area (TPSA) is 67.8 Å². The van der Waals surface area contributed by atoms with Gasteiger partial charge >= 0.3 is 6.09 Å². The van der Waals surface area contributed by atoms with E-state index in [1.807, 2.05) is 30.3 Å². The highest BCUT2D eigenvalue weighted by atomic mass is 16.6. The lowest BCUT2D eigenvalue weighted by atomic mass is 10.0. The summed E-state index contributed by atoms with van der Waals surface area (Å²) in [5.74, 6) is 0.430. The fraction of sp³-hybridized carbons (Fsp3) is 0.300. The summed E-state index contributed by atoms with van der Waals surface area (Å²) in [5, 5.41) is 13.0. The third-order valence-corrected chi connectivity index (χ3v) is 3.28. The maximum Gasteiger partial charge on any atom is 0.410 e. The zero-order valence-corrected chi connectivity index (χ0v) is 14.8. The largest absolute Gasteiger partial charge is 0.488 e. The average Bonchev–Trinajstić information content (AvgIpc) is 2.52. The van der Waals surface area contributed by atoms with Crippen LogP contribution in [0.25, 0.3) is 0 Å². The number of amides is 1. The van der Waals surface area contributed by atoms with Crippen molar-refractivity contribution in [1.82, 2.24) is 5.32 Å². The third kappa shape index (κ3) is 5.80. The molecule has 0 aliphatic rings. The molecule has 0 fully saturated rings. The molecule has 5 heteroatoms. The van der Waals surface area contributed by atoms with Gasteiger partial charge in [-0.05, 0) is 32.4 Å². The van der Waals surface area contributed by atoms with E-state index in [4.69, 9.17) is 9.47 Å². The van der Waals surface area contributed by atoms with E-state index >= 15 is 0 Å². The minimum atomic E-state index is -1.88. The second-order valence-electron chi connectivity index (χ2n) is 6.76. The molecule has 1 radical (unpaired) electrons. The molecule has 25 heavy (non-hydrogen) atoms. The Kier molecular flexibility index (Phi) is 5.69. The Morgan fingerprint density at radius 2 is 1.68 bits per heavy atom. The summed E-state index contributed by atoms with van der Waals surface area (Å²) in [6.07, 6.45) is -0.761. The summed E-state index contributed by atoms with van der Waals surface area (Å²) in [7, 11) is 0. The molecule has 0 aliphatic heterocycles. The first-order valence-electron chi connectivity index (χ1n) is 8.02. The van der Waals surface area contributed by atoms with Crippen LogP contribution < -0.4 is 10.1 Å². The number of para-hydroxylation sites is 1. The molecule has 133 valence electrons. The van der Waals surface area contributed by atoms with E-state index < -0.39 is 17.4 Å². The minimum Gasteiger partial charge on any atom is -0.488 e. The lowest BCUT2D eigenvalue weighted by Crippen LogP contribution is -2.46. The first-order valence-corrected chi connectivity index (χ1v) is 8.02. The maximum absolute atomic E-state index is 12.0. The van der Waals surface area contributed by atoms with Crippen LogP contribution in [-0.4, -0.2) is 16.8 Å².